The minimum atomic E-state index is -4.12. The Morgan fingerprint density at radius 1 is 1.36 bits per heavy atom. The van der Waals surface area contributed by atoms with E-state index in [2.05, 4.69) is 0 Å². The van der Waals surface area contributed by atoms with Crippen molar-refractivity contribution in [3.05, 3.63) is 0 Å². The molecule has 1 aliphatic rings. The number of halogens is 3. The monoisotopic (exact) mass is 167 g/mol. The average molecular weight is 167 g/mol. The van der Waals surface area contributed by atoms with Crippen molar-refractivity contribution in [1.29, 1.82) is 0 Å². The van der Waals surface area contributed by atoms with E-state index in [1.54, 1.807) is 0 Å². The summed E-state index contributed by atoms with van der Waals surface area (Å²) in [5.74, 6) is 0.186. The van der Waals surface area contributed by atoms with Crippen molar-refractivity contribution in [3.8, 4) is 0 Å². The van der Waals surface area contributed by atoms with Crippen molar-refractivity contribution in [3.63, 3.8) is 0 Å². The molecule has 1 heterocycles. The fourth-order valence-corrected chi connectivity index (χ4v) is 1.42. The highest BCUT2D eigenvalue weighted by atomic mass is 19.4. The predicted molar refractivity (Wildman–Crippen MR) is 36.0 cm³/mol. The van der Waals surface area contributed by atoms with E-state index >= 15 is 0 Å². The van der Waals surface area contributed by atoms with Crippen LogP contribution in [0.5, 0.6) is 0 Å². The van der Waals surface area contributed by atoms with Gasteiger partial charge in [0.2, 0.25) is 0 Å². The maximum Gasteiger partial charge on any atom is 0.459 e. The van der Waals surface area contributed by atoms with Crippen LogP contribution in [0.3, 0.4) is 0 Å². The molecule has 0 aromatic carbocycles. The van der Waals surface area contributed by atoms with Crippen molar-refractivity contribution >= 4 is 0 Å². The highest BCUT2D eigenvalue weighted by molar-refractivity contribution is 4.71. The van der Waals surface area contributed by atoms with Crippen LogP contribution in [0.1, 0.15) is 19.8 Å². The van der Waals surface area contributed by atoms with Crippen LogP contribution in [0.25, 0.3) is 0 Å². The van der Waals surface area contributed by atoms with Gasteiger partial charge in [-0.1, -0.05) is 6.92 Å². The van der Waals surface area contributed by atoms with E-state index in [-0.39, 0.29) is 19.0 Å². The van der Waals surface area contributed by atoms with Gasteiger partial charge in [0.1, 0.15) is 0 Å². The molecule has 66 valence electrons. The molecule has 0 spiro atoms. The normalized spacial score (nSPS) is 28.9. The van der Waals surface area contributed by atoms with E-state index in [4.69, 9.17) is 0 Å². The van der Waals surface area contributed by atoms with Gasteiger partial charge in [0.25, 0.3) is 0 Å². The first kappa shape index (κ1) is 8.84. The summed E-state index contributed by atoms with van der Waals surface area (Å²) in [4.78, 5) is 0.598. The van der Waals surface area contributed by atoms with Crippen molar-refractivity contribution in [2.45, 2.75) is 26.1 Å². The summed E-state index contributed by atoms with van der Waals surface area (Å²) in [5, 5.41) is 0. The number of nitrogens with zero attached hydrogens (tertiary/aromatic N) is 1. The maximum absolute atomic E-state index is 12.0. The van der Waals surface area contributed by atoms with Crippen molar-refractivity contribution in [2.24, 2.45) is 5.92 Å². The first-order valence-electron chi connectivity index (χ1n) is 3.82. The molecule has 1 fully saturated rings. The molecule has 0 aromatic rings. The van der Waals surface area contributed by atoms with Crippen molar-refractivity contribution < 1.29 is 13.2 Å². The zero-order chi connectivity index (χ0) is 8.48. The fourth-order valence-electron chi connectivity index (χ4n) is 1.42. The SMILES string of the molecule is CC1CCCN(C(F)(F)F)C1. The van der Waals surface area contributed by atoms with Gasteiger partial charge < -0.3 is 0 Å². The van der Waals surface area contributed by atoms with E-state index in [0.717, 1.165) is 6.42 Å². The minimum Gasteiger partial charge on any atom is -0.214 e. The summed E-state index contributed by atoms with van der Waals surface area (Å²) in [6, 6.07) is 0. The molecule has 1 nitrogen and oxygen atoms in total. The largest absolute Gasteiger partial charge is 0.459 e. The highest BCUT2D eigenvalue weighted by Crippen LogP contribution is 2.27. The second-order valence-corrected chi connectivity index (χ2v) is 3.16. The van der Waals surface area contributed by atoms with E-state index < -0.39 is 6.30 Å². The molecule has 4 heteroatoms. The number of hydrogen-bond acceptors (Lipinski definition) is 1. The van der Waals surface area contributed by atoms with Crippen LogP contribution < -0.4 is 0 Å². The molecular formula is C7H12F3N. The van der Waals surface area contributed by atoms with Gasteiger partial charge in [-0.05, 0) is 18.8 Å². The number of rotatable bonds is 0. The van der Waals surface area contributed by atoms with Gasteiger partial charge in [-0.25, -0.2) is 4.90 Å². The predicted octanol–water partition coefficient (Wildman–Crippen LogP) is 2.24. The lowest BCUT2D eigenvalue weighted by Crippen LogP contribution is -2.44. The van der Waals surface area contributed by atoms with Gasteiger partial charge in [0, 0.05) is 13.1 Å². The van der Waals surface area contributed by atoms with E-state index in [0.29, 0.717) is 11.3 Å². The van der Waals surface area contributed by atoms with Crippen LogP contribution in [-0.4, -0.2) is 24.3 Å². The van der Waals surface area contributed by atoms with Gasteiger partial charge in [-0.3, -0.25) is 0 Å². The van der Waals surface area contributed by atoms with E-state index in [1.807, 2.05) is 6.92 Å². The molecular weight excluding hydrogens is 155 g/mol. The van der Waals surface area contributed by atoms with Crippen LogP contribution in [0.4, 0.5) is 13.2 Å². The third-order valence-electron chi connectivity index (χ3n) is 2.02. The Balaban J connectivity index is 2.46. The Morgan fingerprint density at radius 2 is 2.00 bits per heavy atom. The van der Waals surface area contributed by atoms with Crippen LogP contribution in [0.15, 0.2) is 0 Å². The second-order valence-electron chi connectivity index (χ2n) is 3.16. The van der Waals surface area contributed by atoms with Crippen LogP contribution in [-0.2, 0) is 0 Å². The summed E-state index contributed by atoms with van der Waals surface area (Å²) in [5.41, 5.74) is 0. The van der Waals surface area contributed by atoms with Crippen LogP contribution >= 0.6 is 0 Å². The molecule has 1 unspecified atom stereocenters. The summed E-state index contributed by atoms with van der Waals surface area (Å²) >= 11 is 0. The quantitative estimate of drug-likeness (QED) is 0.500. The van der Waals surface area contributed by atoms with Crippen molar-refractivity contribution in [2.75, 3.05) is 13.1 Å². The standard InChI is InChI=1S/C7H12F3N/c1-6-3-2-4-11(5-6)7(8,9)10/h6H,2-5H2,1H3. The van der Waals surface area contributed by atoms with Crippen molar-refractivity contribution in [1.82, 2.24) is 4.90 Å². The minimum absolute atomic E-state index is 0.170. The van der Waals surface area contributed by atoms with Gasteiger partial charge in [0.05, 0.1) is 0 Å². The number of piperidine rings is 1. The Hall–Kier alpha value is -0.250. The fraction of sp³-hybridized carbons (Fsp3) is 1.00. The molecule has 0 aliphatic carbocycles. The van der Waals surface area contributed by atoms with Gasteiger partial charge >= 0.3 is 6.30 Å². The molecule has 0 N–H and O–H groups in total. The molecule has 1 aliphatic heterocycles. The van der Waals surface area contributed by atoms with Gasteiger partial charge in [0.15, 0.2) is 0 Å². The third-order valence-corrected chi connectivity index (χ3v) is 2.02. The zero-order valence-electron chi connectivity index (χ0n) is 6.49. The maximum atomic E-state index is 12.0. The topological polar surface area (TPSA) is 3.24 Å². The number of likely N-dealkylation sites (tertiary alicyclic amines) is 1. The zero-order valence-corrected chi connectivity index (χ0v) is 6.49. The molecule has 0 radical (unpaired) electrons. The first-order valence-corrected chi connectivity index (χ1v) is 3.82. The summed E-state index contributed by atoms with van der Waals surface area (Å²) in [6.45, 7) is 2.20. The molecule has 0 saturated carbocycles. The number of alkyl halides is 3. The summed E-state index contributed by atoms with van der Waals surface area (Å²) < 4.78 is 36.1. The Labute approximate surface area is 64.2 Å². The molecule has 1 rings (SSSR count). The lowest BCUT2D eigenvalue weighted by atomic mass is 10.0. The number of hydrogen-bond donors (Lipinski definition) is 0. The smallest absolute Gasteiger partial charge is 0.214 e. The van der Waals surface area contributed by atoms with Gasteiger partial charge in [-0.2, -0.15) is 13.2 Å². The molecule has 11 heavy (non-hydrogen) atoms. The average Bonchev–Trinajstić information content (AvgIpc) is 1.86. The molecule has 1 atom stereocenters. The van der Waals surface area contributed by atoms with Crippen LogP contribution in [0.2, 0.25) is 0 Å². The van der Waals surface area contributed by atoms with E-state index in [1.165, 1.54) is 0 Å². The first-order chi connectivity index (χ1) is 5.00. The Bertz CT molecular complexity index is 132. The summed E-state index contributed by atoms with van der Waals surface area (Å²) in [7, 11) is 0. The molecule has 0 aromatic heterocycles. The molecule has 0 amide bonds. The molecule has 1 saturated heterocycles. The lowest BCUT2D eigenvalue weighted by Gasteiger charge is -2.31. The second kappa shape index (κ2) is 3.01. The Morgan fingerprint density at radius 3 is 2.36 bits per heavy atom. The van der Waals surface area contributed by atoms with Crippen LogP contribution in [0, 0.1) is 5.92 Å². The van der Waals surface area contributed by atoms with Gasteiger partial charge in [-0.15, -0.1) is 0 Å². The summed E-state index contributed by atoms with van der Waals surface area (Å²) in [6.07, 6.45) is -2.53. The highest BCUT2D eigenvalue weighted by Gasteiger charge is 2.38. The van der Waals surface area contributed by atoms with E-state index in [9.17, 15) is 13.2 Å². The lowest BCUT2D eigenvalue weighted by molar-refractivity contribution is -0.253. The Kier molecular flexibility index (Phi) is 2.42. The third kappa shape index (κ3) is 2.36. The molecule has 0 bridgehead atoms.